The molecule has 0 spiro atoms. The topological polar surface area (TPSA) is 52.9 Å². The van der Waals surface area contributed by atoms with Crippen LogP contribution in [-0.4, -0.2) is 53.6 Å². The van der Waals surface area contributed by atoms with Gasteiger partial charge in [-0.3, -0.25) is 4.90 Å². The average molecular weight is 283 g/mol. The predicted octanol–water partition coefficient (Wildman–Crippen LogP) is 1.16. The van der Waals surface area contributed by atoms with Gasteiger partial charge >= 0.3 is 0 Å². The first-order valence-electron chi connectivity index (χ1n) is 7.05. The van der Waals surface area contributed by atoms with Gasteiger partial charge in [0, 0.05) is 18.7 Å². The first-order chi connectivity index (χ1) is 9.65. The van der Waals surface area contributed by atoms with Crippen LogP contribution < -0.4 is 0 Å². The summed E-state index contributed by atoms with van der Waals surface area (Å²) in [5.74, 6) is -0.291. The number of rotatable bonds is 6. The van der Waals surface area contributed by atoms with Gasteiger partial charge in [-0.2, -0.15) is 0 Å². The maximum absolute atomic E-state index is 13.4. The highest BCUT2D eigenvalue weighted by Crippen LogP contribution is 2.11. The molecular formula is C15H22FNO3. The van der Waals surface area contributed by atoms with E-state index in [1.165, 1.54) is 6.07 Å². The Kier molecular flexibility index (Phi) is 5.91. The molecule has 0 amide bonds. The van der Waals surface area contributed by atoms with E-state index in [1.54, 1.807) is 18.2 Å². The summed E-state index contributed by atoms with van der Waals surface area (Å²) >= 11 is 0. The van der Waals surface area contributed by atoms with Gasteiger partial charge in [0.15, 0.2) is 0 Å². The lowest BCUT2D eigenvalue weighted by Crippen LogP contribution is -2.43. The molecular weight excluding hydrogens is 261 g/mol. The zero-order chi connectivity index (χ0) is 14.4. The first-order valence-corrected chi connectivity index (χ1v) is 7.05. The molecule has 0 aliphatic carbocycles. The maximum Gasteiger partial charge on any atom is 0.128 e. The Balaban J connectivity index is 1.67. The van der Waals surface area contributed by atoms with Crippen LogP contribution in [0.1, 0.15) is 18.4 Å². The smallest absolute Gasteiger partial charge is 0.128 e. The van der Waals surface area contributed by atoms with E-state index in [9.17, 15) is 14.6 Å². The Hall–Kier alpha value is -1.01. The van der Waals surface area contributed by atoms with E-state index in [0.717, 1.165) is 19.4 Å². The number of likely N-dealkylation sites (tertiary alicyclic amines) is 1. The minimum absolute atomic E-state index is 0.159. The highest BCUT2D eigenvalue weighted by Gasteiger charge is 2.19. The molecule has 0 aromatic heterocycles. The molecule has 0 radical (unpaired) electrons. The second-order valence-corrected chi connectivity index (χ2v) is 5.32. The van der Waals surface area contributed by atoms with E-state index in [-0.39, 0.29) is 25.1 Å². The molecule has 1 aliphatic heterocycles. The summed E-state index contributed by atoms with van der Waals surface area (Å²) in [6.07, 6.45) is 0.864. The Morgan fingerprint density at radius 3 is 2.95 bits per heavy atom. The van der Waals surface area contributed by atoms with Gasteiger partial charge in [0.1, 0.15) is 5.82 Å². The van der Waals surface area contributed by atoms with E-state index < -0.39 is 6.10 Å². The molecule has 2 N–H and O–H groups in total. The van der Waals surface area contributed by atoms with E-state index in [0.29, 0.717) is 18.7 Å². The number of hydrogen-bond donors (Lipinski definition) is 2. The standard InChI is InChI=1S/C15H22FNO3/c16-15-6-2-1-4-12(15)10-20-11-14(19)9-17-7-3-5-13(18)8-17/h1-2,4,6,13-14,18-19H,3,5,7-11H2/t13-,14+/m0/s1. The van der Waals surface area contributed by atoms with Crippen LogP contribution in [0.4, 0.5) is 4.39 Å². The summed E-state index contributed by atoms with van der Waals surface area (Å²) in [7, 11) is 0. The number of β-amino-alcohol motifs (C(OH)–C–C–N with tert-alkyl or cyclic N) is 2. The van der Waals surface area contributed by atoms with Gasteiger partial charge in [-0.05, 0) is 25.5 Å². The van der Waals surface area contributed by atoms with Gasteiger partial charge in [0.25, 0.3) is 0 Å². The largest absolute Gasteiger partial charge is 0.392 e. The second-order valence-electron chi connectivity index (χ2n) is 5.32. The number of aliphatic hydroxyl groups is 2. The maximum atomic E-state index is 13.4. The number of hydrogen-bond acceptors (Lipinski definition) is 4. The van der Waals surface area contributed by atoms with Gasteiger partial charge in [-0.1, -0.05) is 18.2 Å². The summed E-state index contributed by atoms with van der Waals surface area (Å²) in [4.78, 5) is 2.03. The third kappa shape index (κ3) is 4.83. The first kappa shape index (κ1) is 15.4. The molecule has 20 heavy (non-hydrogen) atoms. The highest BCUT2D eigenvalue weighted by atomic mass is 19.1. The van der Waals surface area contributed by atoms with Gasteiger partial charge in [0.05, 0.1) is 25.4 Å². The molecule has 1 aromatic rings. The van der Waals surface area contributed by atoms with E-state index >= 15 is 0 Å². The van der Waals surface area contributed by atoms with Gasteiger partial charge in [-0.15, -0.1) is 0 Å². The number of piperidine rings is 1. The Morgan fingerprint density at radius 2 is 2.20 bits per heavy atom. The summed E-state index contributed by atoms with van der Waals surface area (Å²) < 4.78 is 18.7. The van der Waals surface area contributed by atoms with Crippen LogP contribution in [0, 0.1) is 5.82 Å². The minimum atomic E-state index is -0.618. The summed E-state index contributed by atoms with van der Waals surface area (Å²) in [5, 5.41) is 19.4. The highest BCUT2D eigenvalue weighted by molar-refractivity contribution is 5.16. The molecule has 1 aromatic carbocycles. The lowest BCUT2D eigenvalue weighted by molar-refractivity contribution is -0.00784. The van der Waals surface area contributed by atoms with Crippen molar-refractivity contribution in [2.75, 3.05) is 26.2 Å². The molecule has 0 saturated carbocycles. The minimum Gasteiger partial charge on any atom is -0.392 e. The average Bonchev–Trinajstić information content (AvgIpc) is 2.41. The Bertz CT molecular complexity index is 416. The van der Waals surface area contributed by atoms with Crippen molar-refractivity contribution in [1.82, 2.24) is 4.90 Å². The van der Waals surface area contributed by atoms with E-state index in [2.05, 4.69) is 0 Å². The van der Waals surface area contributed by atoms with Crippen molar-refractivity contribution in [2.24, 2.45) is 0 Å². The van der Waals surface area contributed by atoms with Crippen molar-refractivity contribution < 1.29 is 19.3 Å². The molecule has 2 atom stereocenters. The third-order valence-corrected chi connectivity index (χ3v) is 3.48. The fourth-order valence-electron chi connectivity index (χ4n) is 2.47. The van der Waals surface area contributed by atoms with Gasteiger partial charge < -0.3 is 14.9 Å². The summed E-state index contributed by atoms with van der Waals surface area (Å²) in [6, 6.07) is 6.45. The number of ether oxygens (including phenoxy) is 1. The van der Waals surface area contributed by atoms with Crippen molar-refractivity contribution in [3.63, 3.8) is 0 Å². The number of benzene rings is 1. The van der Waals surface area contributed by atoms with Crippen molar-refractivity contribution in [3.05, 3.63) is 35.6 Å². The van der Waals surface area contributed by atoms with Gasteiger partial charge in [-0.25, -0.2) is 4.39 Å². The number of halogens is 1. The number of aliphatic hydroxyl groups excluding tert-OH is 2. The van der Waals surface area contributed by atoms with Crippen molar-refractivity contribution in [1.29, 1.82) is 0 Å². The fraction of sp³-hybridized carbons (Fsp3) is 0.600. The normalized spacial score (nSPS) is 21.9. The predicted molar refractivity (Wildman–Crippen MR) is 73.7 cm³/mol. The Labute approximate surface area is 118 Å². The van der Waals surface area contributed by atoms with Crippen LogP contribution >= 0.6 is 0 Å². The molecule has 0 unspecified atom stereocenters. The van der Waals surface area contributed by atoms with Crippen molar-refractivity contribution in [3.8, 4) is 0 Å². The van der Waals surface area contributed by atoms with Gasteiger partial charge in [0.2, 0.25) is 0 Å². The molecule has 0 bridgehead atoms. The van der Waals surface area contributed by atoms with Crippen LogP contribution in [-0.2, 0) is 11.3 Å². The monoisotopic (exact) mass is 283 g/mol. The van der Waals surface area contributed by atoms with Crippen molar-refractivity contribution >= 4 is 0 Å². The zero-order valence-corrected chi connectivity index (χ0v) is 11.5. The molecule has 5 heteroatoms. The molecule has 1 saturated heterocycles. The van der Waals surface area contributed by atoms with E-state index in [4.69, 9.17) is 4.74 Å². The molecule has 1 aliphatic rings. The number of nitrogens with zero attached hydrogens (tertiary/aromatic N) is 1. The van der Waals surface area contributed by atoms with Crippen LogP contribution in [0.25, 0.3) is 0 Å². The third-order valence-electron chi connectivity index (χ3n) is 3.48. The van der Waals surface area contributed by atoms with Crippen LogP contribution in [0.5, 0.6) is 0 Å². The molecule has 112 valence electrons. The molecule has 2 rings (SSSR count). The second kappa shape index (κ2) is 7.69. The lowest BCUT2D eigenvalue weighted by Gasteiger charge is -2.31. The fourth-order valence-corrected chi connectivity index (χ4v) is 2.47. The lowest BCUT2D eigenvalue weighted by atomic mass is 10.1. The van der Waals surface area contributed by atoms with E-state index in [1.807, 2.05) is 4.90 Å². The van der Waals surface area contributed by atoms with Crippen LogP contribution in [0.2, 0.25) is 0 Å². The molecule has 1 fully saturated rings. The Morgan fingerprint density at radius 1 is 1.40 bits per heavy atom. The SMILES string of the molecule is O[C@H]1CCCN(C[C@@H](O)COCc2ccccc2F)C1. The molecule has 1 heterocycles. The van der Waals surface area contributed by atoms with Crippen LogP contribution in [0.3, 0.4) is 0 Å². The van der Waals surface area contributed by atoms with Crippen LogP contribution in [0.15, 0.2) is 24.3 Å². The summed E-state index contributed by atoms with van der Waals surface area (Å²) in [6.45, 7) is 2.30. The molecule has 4 nitrogen and oxygen atoms in total. The summed E-state index contributed by atoms with van der Waals surface area (Å²) in [5.41, 5.74) is 0.494. The van der Waals surface area contributed by atoms with Crippen molar-refractivity contribution in [2.45, 2.75) is 31.7 Å². The zero-order valence-electron chi connectivity index (χ0n) is 11.5. The quantitative estimate of drug-likeness (QED) is 0.822.